The van der Waals surface area contributed by atoms with Crippen LogP contribution >= 0.6 is 15.9 Å². The van der Waals surface area contributed by atoms with Crippen molar-refractivity contribution in [2.45, 2.75) is 17.9 Å². The molecule has 2 atom stereocenters. The van der Waals surface area contributed by atoms with Crippen LogP contribution in [-0.4, -0.2) is 61.9 Å². The molecule has 0 aliphatic heterocycles. The highest BCUT2D eigenvalue weighted by Gasteiger charge is 2.44. The fourth-order valence-corrected chi connectivity index (χ4v) is 5.68. The average molecular weight is 607 g/mol. The molecule has 0 bridgehead atoms. The van der Waals surface area contributed by atoms with Crippen LogP contribution in [0.1, 0.15) is 29.0 Å². The summed E-state index contributed by atoms with van der Waals surface area (Å²) < 4.78 is 23.9. The third kappa shape index (κ3) is 5.12. The predicted octanol–water partition coefficient (Wildman–Crippen LogP) is 6.14. The van der Waals surface area contributed by atoms with E-state index in [1.807, 2.05) is 68.7 Å². The number of fused-ring (bicyclic) bond motifs is 2. The van der Waals surface area contributed by atoms with Crippen LogP contribution in [-0.2, 0) is 5.60 Å². The summed E-state index contributed by atoms with van der Waals surface area (Å²) in [5, 5.41) is 14.9. The van der Waals surface area contributed by atoms with Crippen LogP contribution in [0, 0.1) is 0 Å². The quantitative estimate of drug-likeness (QED) is 0.203. The van der Waals surface area contributed by atoms with E-state index in [1.165, 1.54) is 0 Å². The zero-order valence-electron chi connectivity index (χ0n) is 23.1. The van der Waals surface area contributed by atoms with Gasteiger partial charge in [-0.1, -0.05) is 22.0 Å². The lowest BCUT2D eigenvalue weighted by Crippen LogP contribution is -2.38. The SMILES string of the molecule is COc1nc2ccc(Br)cc2cc1C(c1ccnc(OC)c1OC)C(O)(CCN(C)C)c1ccc2occc2c1. The molecule has 3 aromatic heterocycles. The highest BCUT2D eigenvalue weighted by molar-refractivity contribution is 9.10. The van der Waals surface area contributed by atoms with Crippen molar-refractivity contribution >= 4 is 37.8 Å². The van der Waals surface area contributed by atoms with E-state index in [0.29, 0.717) is 41.6 Å². The molecule has 3 heterocycles. The summed E-state index contributed by atoms with van der Waals surface area (Å²) in [4.78, 5) is 11.3. The molecule has 2 aromatic carbocycles. The summed E-state index contributed by atoms with van der Waals surface area (Å²) >= 11 is 3.58. The Morgan fingerprint density at radius 2 is 1.73 bits per heavy atom. The Kier molecular flexibility index (Phi) is 7.98. The highest BCUT2D eigenvalue weighted by atomic mass is 79.9. The van der Waals surface area contributed by atoms with E-state index in [2.05, 4.69) is 25.8 Å². The smallest absolute Gasteiger partial charge is 0.257 e. The Morgan fingerprint density at radius 3 is 2.45 bits per heavy atom. The first kappa shape index (κ1) is 27.9. The summed E-state index contributed by atoms with van der Waals surface area (Å²) in [5.41, 5.74) is 2.20. The van der Waals surface area contributed by atoms with Gasteiger partial charge in [0.15, 0.2) is 5.75 Å². The van der Waals surface area contributed by atoms with Gasteiger partial charge in [0.25, 0.3) is 5.88 Å². The largest absolute Gasteiger partial charge is 0.491 e. The van der Waals surface area contributed by atoms with E-state index >= 15 is 0 Å². The molecule has 40 heavy (non-hydrogen) atoms. The third-order valence-electron chi connectivity index (χ3n) is 7.25. The number of methoxy groups -OCH3 is 3. The maximum atomic E-state index is 13.1. The van der Waals surface area contributed by atoms with Gasteiger partial charge in [-0.2, -0.15) is 0 Å². The van der Waals surface area contributed by atoms with Crippen molar-refractivity contribution in [1.82, 2.24) is 14.9 Å². The van der Waals surface area contributed by atoms with Gasteiger partial charge in [-0.05, 0) is 74.6 Å². The first-order valence-electron chi connectivity index (χ1n) is 12.8. The Morgan fingerprint density at radius 1 is 0.925 bits per heavy atom. The van der Waals surface area contributed by atoms with Crippen LogP contribution in [0.25, 0.3) is 21.9 Å². The van der Waals surface area contributed by atoms with Crippen molar-refractivity contribution in [3.05, 3.63) is 88.2 Å². The maximum absolute atomic E-state index is 13.1. The molecular formula is C31H32BrN3O5. The number of benzene rings is 2. The zero-order valence-corrected chi connectivity index (χ0v) is 24.7. The Bertz CT molecular complexity index is 1650. The molecule has 0 amide bonds. The van der Waals surface area contributed by atoms with E-state index < -0.39 is 11.5 Å². The minimum Gasteiger partial charge on any atom is -0.491 e. The Hall–Kier alpha value is -3.66. The van der Waals surface area contributed by atoms with Gasteiger partial charge in [-0.25, -0.2) is 9.97 Å². The molecule has 0 aliphatic carbocycles. The third-order valence-corrected chi connectivity index (χ3v) is 7.75. The van der Waals surface area contributed by atoms with Gasteiger partial charge in [-0.15, -0.1) is 0 Å². The molecule has 0 fully saturated rings. The lowest BCUT2D eigenvalue weighted by atomic mass is 9.71. The standard InChI is InChI=1S/C31H32BrN3O5/c1-35(2)14-12-31(36,21-6-9-26-19(16-21)11-15-40-26)27(23-10-13-33-30(39-5)28(23)37-3)24-18-20-17-22(32)7-8-25(20)34-29(24)38-4/h6-11,13,15-18,27,36H,12,14H2,1-5H3. The number of halogens is 1. The zero-order chi connectivity index (χ0) is 28.4. The van der Waals surface area contributed by atoms with Crippen LogP contribution in [0.2, 0.25) is 0 Å². The average Bonchev–Trinajstić information content (AvgIpc) is 3.43. The molecular weight excluding hydrogens is 574 g/mol. The minimum absolute atomic E-state index is 0.320. The van der Waals surface area contributed by atoms with Crippen molar-refractivity contribution in [2.24, 2.45) is 0 Å². The molecule has 0 saturated heterocycles. The van der Waals surface area contributed by atoms with Crippen LogP contribution in [0.15, 0.2) is 75.9 Å². The molecule has 8 nitrogen and oxygen atoms in total. The normalized spacial score (nSPS) is 13.9. The summed E-state index contributed by atoms with van der Waals surface area (Å²) in [6.45, 7) is 0.607. The molecule has 2 unspecified atom stereocenters. The fourth-order valence-electron chi connectivity index (χ4n) is 5.30. The van der Waals surface area contributed by atoms with Crippen molar-refractivity contribution in [2.75, 3.05) is 42.0 Å². The molecule has 9 heteroatoms. The van der Waals surface area contributed by atoms with Crippen molar-refractivity contribution < 1.29 is 23.7 Å². The van der Waals surface area contributed by atoms with E-state index in [-0.39, 0.29) is 0 Å². The molecule has 0 radical (unpaired) electrons. The predicted molar refractivity (Wildman–Crippen MR) is 158 cm³/mol. The number of aliphatic hydroxyl groups is 1. The van der Waals surface area contributed by atoms with E-state index in [1.54, 1.807) is 33.8 Å². The summed E-state index contributed by atoms with van der Waals surface area (Å²) in [6, 6.07) is 17.4. The summed E-state index contributed by atoms with van der Waals surface area (Å²) in [7, 11) is 8.68. The molecule has 5 rings (SSSR count). The van der Waals surface area contributed by atoms with Crippen molar-refractivity contribution in [3.8, 4) is 17.5 Å². The molecule has 0 aliphatic rings. The second-order valence-corrected chi connectivity index (χ2v) is 10.9. The Labute approximate surface area is 241 Å². The topological polar surface area (TPSA) is 90.1 Å². The van der Waals surface area contributed by atoms with Gasteiger partial charge in [0.1, 0.15) is 11.2 Å². The monoisotopic (exact) mass is 605 g/mol. The highest BCUT2D eigenvalue weighted by Crippen LogP contribution is 2.51. The first-order valence-corrected chi connectivity index (χ1v) is 13.6. The van der Waals surface area contributed by atoms with Gasteiger partial charge < -0.3 is 28.6 Å². The van der Waals surface area contributed by atoms with Crippen LogP contribution in [0.5, 0.6) is 17.5 Å². The van der Waals surface area contributed by atoms with Gasteiger partial charge in [-0.3, -0.25) is 0 Å². The van der Waals surface area contributed by atoms with Crippen molar-refractivity contribution in [1.29, 1.82) is 0 Å². The molecule has 0 saturated carbocycles. The molecule has 208 valence electrons. The Balaban J connectivity index is 1.87. The van der Waals surface area contributed by atoms with Crippen LogP contribution in [0.3, 0.4) is 0 Å². The number of ether oxygens (including phenoxy) is 3. The van der Waals surface area contributed by atoms with Crippen LogP contribution < -0.4 is 14.2 Å². The van der Waals surface area contributed by atoms with Crippen molar-refractivity contribution in [3.63, 3.8) is 0 Å². The molecule has 0 spiro atoms. The number of aromatic nitrogens is 2. The first-order chi connectivity index (χ1) is 19.3. The number of hydrogen-bond acceptors (Lipinski definition) is 8. The van der Waals surface area contributed by atoms with Crippen LogP contribution in [0.4, 0.5) is 0 Å². The number of furan rings is 1. The summed E-state index contributed by atoms with van der Waals surface area (Å²) in [5.74, 6) is 0.472. The maximum Gasteiger partial charge on any atom is 0.257 e. The van der Waals surface area contributed by atoms with E-state index in [0.717, 1.165) is 31.9 Å². The van der Waals surface area contributed by atoms with E-state index in [9.17, 15) is 5.11 Å². The number of hydrogen-bond donors (Lipinski definition) is 1. The van der Waals surface area contributed by atoms with Gasteiger partial charge >= 0.3 is 0 Å². The molecule has 1 N–H and O–H groups in total. The second-order valence-electron chi connectivity index (χ2n) is 9.95. The number of nitrogens with zero attached hydrogens (tertiary/aromatic N) is 3. The lowest BCUT2D eigenvalue weighted by Gasteiger charge is -2.39. The van der Waals surface area contributed by atoms with E-state index in [4.69, 9.17) is 23.6 Å². The number of pyridine rings is 2. The van der Waals surface area contributed by atoms with Gasteiger partial charge in [0.2, 0.25) is 5.88 Å². The van der Waals surface area contributed by atoms with Gasteiger partial charge in [0.05, 0.1) is 39.0 Å². The van der Waals surface area contributed by atoms with Gasteiger partial charge in [0, 0.05) is 39.1 Å². The number of rotatable bonds is 10. The second kappa shape index (κ2) is 11.4. The molecule has 5 aromatic rings. The fraction of sp³-hybridized carbons (Fsp3) is 0.290. The minimum atomic E-state index is -1.44. The lowest BCUT2D eigenvalue weighted by molar-refractivity contribution is 0.00323. The summed E-state index contributed by atoms with van der Waals surface area (Å²) in [6.07, 6.45) is 3.70.